The first-order valence-corrected chi connectivity index (χ1v) is 3.51. The Morgan fingerprint density at radius 1 is 1.46 bits per heavy atom. The van der Waals surface area contributed by atoms with Crippen molar-refractivity contribution in [1.82, 2.24) is 5.43 Å². The molecule has 60 valence electrons. The Morgan fingerprint density at radius 3 is 2.85 bits per heavy atom. The van der Waals surface area contributed by atoms with Crippen molar-refractivity contribution >= 4 is 17.3 Å². The number of benzene rings is 1. The van der Waals surface area contributed by atoms with Crippen molar-refractivity contribution in [3.8, 4) is 6.19 Å². The molecule has 6 heteroatoms. The normalized spacial score (nSPS) is 8.92. The Balaban J connectivity index is 0.00000144. The monoisotopic (exact) mass is 203 g/mol. The Morgan fingerprint density at radius 2 is 2.23 bits per heavy atom. The van der Waals surface area contributed by atoms with E-state index in [1.54, 1.807) is 30.5 Å². The Hall–Kier alpha value is -0.600. The molecule has 0 atom stereocenters. The molecular weight excluding hydrogens is 199 g/mol. The van der Waals surface area contributed by atoms with Crippen LogP contribution in [-0.4, -0.2) is 0 Å². The third kappa shape index (κ3) is 4.86. The van der Waals surface area contributed by atoms with Crippen LogP contribution in [0.1, 0.15) is 0 Å². The maximum absolute atomic E-state index is 8.06. The van der Waals surface area contributed by atoms with E-state index in [-0.39, 0.29) is 29.6 Å². The van der Waals surface area contributed by atoms with Gasteiger partial charge in [0.2, 0.25) is 0 Å². The predicted octanol–water partition coefficient (Wildman–Crippen LogP) is -0.587. The van der Waals surface area contributed by atoms with Crippen molar-refractivity contribution in [2.24, 2.45) is 10.3 Å². The van der Waals surface area contributed by atoms with Gasteiger partial charge in [-0.15, -0.1) is 5.11 Å². The van der Waals surface area contributed by atoms with Crippen molar-refractivity contribution < 1.29 is 29.6 Å². The average molecular weight is 204 g/mol. The molecule has 1 aromatic rings. The summed E-state index contributed by atoms with van der Waals surface area (Å²) in [5.74, 6) is 0. The fourth-order valence-corrected chi connectivity index (χ4v) is 0.828. The van der Waals surface area contributed by atoms with Crippen LogP contribution in [0, 0.1) is 11.5 Å². The minimum absolute atomic E-state index is 0. The molecule has 0 aliphatic rings. The number of nitrogens with zero attached hydrogens (tertiary/aromatic N) is 3. The van der Waals surface area contributed by atoms with E-state index in [0.29, 0.717) is 10.7 Å². The van der Waals surface area contributed by atoms with Crippen molar-refractivity contribution in [3.05, 3.63) is 29.3 Å². The van der Waals surface area contributed by atoms with Crippen LogP contribution in [0.15, 0.2) is 34.6 Å². The number of hydrogen-bond acceptors (Lipinski definition) is 3. The van der Waals surface area contributed by atoms with Crippen molar-refractivity contribution in [3.63, 3.8) is 0 Å². The molecule has 0 aliphatic carbocycles. The van der Waals surface area contributed by atoms with Gasteiger partial charge in [0, 0.05) is 5.02 Å². The SMILES string of the molecule is N#CNN=Nc1cccc(Cl)c1.[Na+]. The first-order valence-electron chi connectivity index (χ1n) is 3.13. The van der Waals surface area contributed by atoms with Crippen molar-refractivity contribution in [1.29, 1.82) is 5.26 Å². The van der Waals surface area contributed by atoms with E-state index < -0.39 is 0 Å². The molecule has 0 saturated carbocycles. The standard InChI is InChI=1S/C7H5ClN4.Na/c8-6-2-1-3-7(4-6)11-12-10-5-9;/h1-4H,(H,10,11);/q;+1. The molecule has 4 nitrogen and oxygen atoms in total. The van der Waals surface area contributed by atoms with Crippen LogP contribution in [0.5, 0.6) is 0 Å². The van der Waals surface area contributed by atoms with Crippen LogP contribution in [0.3, 0.4) is 0 Å². The van der Waals surface area contributed by atoms with E-state index in [2.05, 4.69) is 10.3 Å². The fourth-order valence-electron chi connectivity index (χ4n) is 0.643. The molecule has 0 saturated heterocycles. The smallest absolute Gasteiger partial charge is 0.194 e. The van der Waals surface area contributed by atoms with E-state index in [4.69, 9.17) is 16.9 Å². The summed E-state index contributed by atoms with van der Waals surface area (Å²) in [7, 11) is 0. The minimum atomic E-state index is 0. The number of rotatable bonds is 2. The molecule has 0 heterocycles. The molecule has 0 fully saturated rings. The predicted molar refractivity (Wildman–Crippen MR) is 44.7 cm³/mol. The summed E-state index contributed by atoms with van der Waals surface area (Å²) in [6, 6.07) is 6.86. The van der Waals surface area contributed by atoms with Crippen LogP contribution in [0.4, 0.5) is 5.69 Å². The van der Waals surface area contributed by atoms with Gasteiger partial charge in [-0.3, -0.25) is 0 Å². The Bertz CT molecular complexity index is 334. The van der Waals surface area contributed by atoms with Gasteiger partial charge in [0.25, 0.3) is 0 Å². The molecular formula is C7H5ClN4Na+. The molecule has 0 spiro atoms. The van der Waals surface area contributed by atoms with Gasteiger partial charge in [-0.1, -0.05) is 22.9 Å². The summed E-state index contributed by atoms with van der Waals surface area (Å²) in [6.07, 6.45) is 1.61. The first-order chi connectivity index (χ1) is 5.83. The van der Waals surface area contributed by atoms with Crippen LogP contribution in [-0.2, 0) is 0 Å². The summed E-state index contributed by atoms with van der Waals surface area (Å²) >= 11 is 5.67. The number of nitrogens with one attached hydrogen (secondary N) is 1. The van der Waals surface area contributed by atoms with Gasteiger partial charge in [-0.25, -0.2) is 0 Å². The number of hydrogen-bond donors (Lipinski definition) is 1. The van der Waals surface area contributed by atoms with Gasteiger partial charge in [-0.2, -0.15) is 10.7 Å². The molecule has 0 aliphatic heterocycles. The second kappa shape index (κ2) is 6.87. The Labute approximate surface area is 103 Å². The molecule has 0 aromatic heterocycles. The Kier molecular flexibility index (Phi) is 6.55. The number of nitriles is 1. The van der Waals surface area contributed by atoms with Gasteiger partial charge in [0.05, 0.1) is 5.69 Å². The van der Waals surface area contributed by atoms with E-state index in [1.807, 2.05) is 5.43 Å². The fraction of sp³-hybridized carbons (Fsp3) is 0. The quantitative estimate of drug-likeness (QED) is 0.230. The summed E-state index contributed by atoms with van der Waals surface area (Å²) in [5.41, 5.74) is 2.64. The van der Waals surface area contributed by atoms with E-state index in [1.165, 1.54) is 0 Å². The van der Waals surface area contributed by atoms with Crippen LogP contribution in [0.25, 0.3) is 0 Å². The van der Waals surface area contributed by atoms with Gasteiger partial charge in [0.15, 0.2) is 6.19 Å². The average Bonchev–Trinajstić information content (AvgIpc) is 2.05. The van der Waals surface area contributed by atoms with Crippen LogP contribution in [0.2, 0.25) is 5.02 Å². The first kappa shape index (κ1) is 12.4. The molecule has 0 radical (unpaired) electrons. The third-order valence-electron chi connectivity index (χ3n) is 1.07. The van der Waals surface area contributed by atoms with E-state index in [0.717, 1.165) is 0 Å². The zero-order valence-corrected chi connectivity index (χ0v) is 9.78. The molecule has 0 bridgehead atoms. The molecule has 0 unspecified atom stereocenters. The summed E-state index contributed by atoms with van der Waals surface area (Å²) in [4.78, 5) is 0. The topological polar surface area (TPSA) is 60.5 Å². The molecule has 1 N–H and O–H groups in total. The second-order valence-electron chi connectivity index (χ2n) is 1.90. The largest absolute Gasteiger partial charge is 1.00 e. The van der Waals surface area contributed by atoms with Crippen molar-refractivity contribution in [2.75, 3.05) is 0 Å². The second-order valence-corrected chi connectivity index (χ2v) is 2.34. The maximum Gasteiger partial charge on any atom is 1.00 e. The van der Waals surface area contributed by atoms with Crippen molar-refractivity contribution in [2.45, 2.75) is 0 Å². The van der Waals surface area contributed by atoms with Gasteiger partial charge >= 0.3 is 29.6 Å². The third-order valence-corrected chi connectivity index (χ3v) is 1.31. The molecule has 13 heavy (non-hydrogen) atoms. The number of halogens is 1. The summed E-state index contributed by atoms with van der Waals surface area (Å²) < 4.78 is 0. The molecule has 0 amide bonds. The zero-order chi connectivity index (χ0) is 8.81. The minimum Gasteiger partial charge on any atom is -0.194 e. The maximum atomic E-state index is 8.06. The summed E-state index contributed by atoms with van der Waals surface area (Å²) in [6.45, 7) is 0. The summed E-state index contributed by atoms with van der Waals surface area (Å²) in [5, 5.41) is 15.7. The van der Waals surface area contributed by atoms with E-state index in [9.17, 15) is 0 Å². The van der Waals surface area contributed by atoms with Gasteiger partial charge < -0.3 is 0 Å². The molecule has 1 aromatic carbocycles. The van der Waals surface area contributed by atoms with E-state index >= 15 is 0 Å². The van der Waals surface area contributed by atoms with Crippen LogP contribution < -0.4 is 35.0 Å². The zero-order valence-electron chi connectivity index (χ0n) is 7.03. The van der Waals surface area contributed by atoms with Crippen LogP contribution >= 0.6 is 11.6 Å². The van der Waals surface area contributed by atoms with Gasteiger partial charge in [-0.05, 0) is 18.2 Å². The molecule has 1 rings (SSSR count). The van der Waals surface area contributed by atoms with Gasteiger partial charge in [0.1, 0.15) is 0 Å².